The van der Waals surface area contributed by atoms with E-state index in [-0.39, 0.29) is 17.6 Å². The summed E-state index contributed by atoms with van der Waals surface area (Å²) in [6.45, 7) is 5.87. The van der Waals surface area contributed by atoms with Crippen molar-refractivity contribution < 1.29 is 9.53 Å². The van der Waals surface area contributed by atoms with Crippen molar-refractivity contribution in [2.24, 2.45) is 11.7 Å². The lowest BCUT2D eigenvalue weighted by Gasteiger charge is -2.42. The number of hydrogen-bond donors (Lipinski definition) is 1. The molecule has 0 aromatic heterocycles. The Labute approximate surface area is 97.1 Å². The maximum atomic E-state index is 12.0. The van der Waals surface area contributed by atoms with Crippen molar-refractivity contribution in [2.45, 2.75) is 44.8 Å². The van der Waals surface area contributed by atoms with Crippen LogP contribution in [0, 0.1) is 5.92 Å². The zero-order valence-corrected chi connectivity index (χ0v) is 10.2. The highest BCUT2D eigenvalue weighted by Crippen LogP contribution is 2.33. The van der Waals surface area contributed by atoms with Crippen molar-refractivity contribution in [3.05, 3.63) is 0 Å². The maximum Gasteiger partial charge on any atom is 0.223 e. The van der Waals surface area contributed by atoms with Crippen LogP contribution in [0.2, 0.25) is 0 Å². The maximum absolute atomic E-state index is 12.0. The fourth-order valence-electron chi connectivity index (χ4n) is 2.31. The van der Waals surface area contributed by atoms with Gasteiger partial charge in [-0.3, -0.25) is 4.79 Å². The summed E-state index contributed by atoms with van der Waals surface area (Å²) >= 11 is 0. The molecule has 16 heavy (non-hydrogen) atoms. The van der Waals surface area contributed by atoms with E-state index in [0.717, 1.165) is 0 Å². The molecule has 4 nitrogen and oxygen atoms in total. The molecule has 0 aromatic rings. The Kier molecular flexibility index (Phi) is 3.22. The van der Waals surface area contributed by atoms with Gasteiger partial charge in [0.25, 0.3) is 0 Å². The molecule has 2 N–H and O–H groups in total. The van der Waals surface area contributed by atoms with E-state index in [9.17, 15) is 4.79 Å². The molecule has 2 fully saturated rings. The van der Waals surface area contributed by atoms with Crippen LogP contribution in [-0.4, -0.2) is 42.1 Å². The van der Waals surface area contributed by atoms with E-state index >= 15 is 0 Å². The summed E-state index contributed by atoms with van der Waals surface area (Å²) in [5, 5.41) is 0. The van der Waals surface area contributed by atoms with Gasteiger partial charge >= 0.3 is 0 Å². The molecule has 0 spiro atoms. The van der Waals surface area contributed by atoms with Crippen molar-refractivity contribution in [2.75, 3.05) is 19.6 Å². The summed E-state index contributed by atoms with van der Waals surface area (Å²) in [4.78, 5) is 14.0. The lowest BCUT2D eigenvalue weighted by atomic mass is 10.0. The quantitative estimate of drug-likeness (QED) is 0.772. The van der Waals surface area contributed by atoms with Gasteiger partial charge < -0.3 is 15.4 Å². The lowest BCUT2D eigenvalue weighted by molar-refractivity contribution is -0.159. The molecule has 0 bridgehead atoms. The average Bonchev–Trinajstić information content (AvgIpc) is 2.99. The molecule has 1 atom stereocenters. The second-order valence-corrected chi connectivity index (χ2v) is 5.66. The Hall–Kier alpha value is -0.610. The van der Waals surface area contributed by atoms with Gasteiger partial charge in [-0.25, -0.2) is 0 Å². The monoisotopic (exact) mass is 226 g/mol. The fourth-order valence-corrected chi connectivity index (χ4v) is 2.31. The molecule has 4 heteroatoms. The zero-order chi connectivity index (χ0) is 11.8. The molecule has 2 rings (SSSR count). The van der Waals surface area contributed by atoms with Crippen molar-refractivity contribution in [1.82, 2.24) is 4.90 Å². The van der Waals surface area contributed by atoms with E-state index < -0.39 is 0 Å². The van der Waals surface area contributed by atoms with Crippen LogP contribution >= 0.6 is 0 Å². The average molecular weight is 226 g/mol. The third kappa shape index (κ3) is 2.95. The third-order valence-electron chi connectivity index (χ3n) is 3.26. The van der Waals surface area contributed by atoms with Gasteiger partial charge in [0.05, 0.1) is 11.7 Å². The third-order valence-corrected chi connectivity index (χ3v) is 3.26. The summed E-state index contributed by atoms with van der Waals surface area (Å²) in [5.74, 6) is 0.923. The smallest absolute Gasteiger partial charge is 0.223 e. The molecule has 2 aliphatic rings. The van der Waals surface area contributed by atoms with Gasteiger partial charge in [0.15, 0.2) is 0 Å². The molecule has 1 unspecified atom stereocenters. The van der Waals surface area contributed by atoms with Crippen LogP contribution in [0.15, 0.2) is 0 Å². The topological polar surface area (TPSA) is 55.6 Å². The Balaban J connectivity index is 1.94. The van der Waals surface area contributed by atoms with Gasteiger partial charge in [0.1, 0.15) is 0 Å². The molecule has 1 amide bonds. The Morgan fingerprint density at radius 1 is 1.50 bits per heavy atom. The largest absolute Gasteiger partial charge is 0.367 e. The first-order valence-electron chi connectivity index (χ1n) is 6.16. The number of carbonyl (C=O) groups is 1. The summed E-state index contributed by atoms with van der Waals surface area (Å²) in [6, 6.07) is 0. The van der Waals surface area contributed by atoms with Crippen molar-refractivity contribution in [1.29, 1.82) is 0 Å². The highest BCUT2D eigenvalue weighted by molar-refractivity contribution is 5.77. The predicted molar refractivity (Wildman–Crippen MR) is 61.9 cm³/mol. The van der Waals surface area contributed by atoms with Crippen LogP contribution in [0.3, 0.4) is 0 Å². The van der Waals surface area contributed by atoms with Crippen molar-refractivity contribution >= 4 is 5.91 Å². The second kappa shape index (κ2) is 4.34. The first kappa shape index (κ1) is 11.9. The minimum absolute atomic E-state index is 0.00750. The molecule has 1 heterocycles. The first-order valence-corrected chi connectivity index (χ1v) is 6.16. The summed E-state index contributed by atoms with van der Waals surface area (Å²) in [6.07, 6.45) is 3.15. The molecular weight excluding hydrogens is 204 g/mol. The number of carbonyl (C=O) groups excluding carboxylic acids is 1. The van der Waals surface area contributed by atoms with Crippen molar-refractivity contribution in [3.63, 3.8) is 0 Å². The van der Waals surface area contributed by atoms with Gasteiger partial charge in [-0.15, -0.1) is 0 Å². The second-order valence-electron chi connectivity index (χ2n) is 5.66. The Bertz CT molecular complexity index is 274. The highest BCUT2D eigenvalue weighted by Gasteiger charge is 2.36. The SMILES string of the molecule is CC1(C)CN(C(=O)CC2CC2)CC(CN)O1. The van der Waals surface area contributed by atoms with Crippen LogP contribution in [0.4, 0.5) is 0 Å². The van der Waals surface area contributed by atoms with E-state index in [4.69, 9.17) is 10.5 Å². The molecule has 1 saturated carbocycles. The van der Waals surface area contributed by atoms with Crippen LogP contribution in [-0.2, 0) is 9.53 Å². The summed E-state index contributed by atoms with van der Waals surface area (Å²) < 4.78 is 5.81. The van der Waals surface area contributed by atoms with Gasteiger partial charge in [-0.2, -0.15) is 0 Å². The zero-order valence-electron chi connectivity index (χ0n) is 10.2. The normalized spacial score (nSPS) is 29.2. The number of ether oxygens (including phenoxy) is 1. The van der Waals surface area contributed by atoms with Crippen LogP contribution in [0.25, 0.3) is 0 Å². The molecular formula is C12H22N2O2. The van der Waals surface area contributed by atoms with Crippen LogP contribution in [0.1, 0.15) is 33.1 Å². The predicted octanol–water partition coefficient (Wildman–Crippen LogP) is 0.751. The standard InChI is InChI=1S/C12H22N2O2/c1-12(2)8-14(7-10(6-13)16-12)11(15)5-9-3-4-9/h9-10H,3-8,13H2,1-2H3. The lowest BCUT2D eigenvalue weighted by Crippen LogP contribution is -2.56. The summed E-state index contributed by atoms with van der Waals surface area (Å²) in [7, 11) is 0. The Morgan fingerprint density at radius 3 is 2.75 bits per heavy atom. The number of nitrogens with two attached hydrogens (primary N) is 1. The van der Waals surface area contributed by atoms with E-state index in [0.29, 0.717) is 32.0 Å². The Morgan fingerprint density at radius 2 is 2.19 bits per heavy atom. The van der Waals surface area contributed by atoms with Gasteiger partial charge in [0.2, 0.25) is 5.91 Å². The van der Waals surface area contributed by atoms with Gasteiger partial charge in [0, 0.05) is 26.1 Å². The number of hydrogen-bond acceptors (Lipinski definition) is 3. The molecule has 1 saturated heterocycles. The number of nitrogens with zero attached hydrogens (tertiary/aromatic N) is 1. The number of morpholine rings is 1. The molecule has 92 valence electrons. The minimum Gasteiger partial charge on any atom is -0.367 e. The molecule has 1 aliphatic carbocycles. The number of amides is 1. The summed E-state index contributed by atoms with van der Waals surface area (Å²) in [5.41, 5.74) is 5.37. The van der Waals surface area contributed by atoms with E-state index in [1.165, 1.54) is 12.8 Å². The van der Waals surface area contributed by atoms with E-state index in [1.807, 2.05) is 18.7 Å². The van der Waals surface area contributed by atoms with Crippen molar-refractivity contribution in [3.8, 4) is 0 Å². The molecule has 1 aliphatic heterocycles. The van der Waals surface area contributed by atoms with Crippen LogP contribution < -0.4 is 5.73 Å². The highest BCUT2D eigenvalue weighted by atomic mass is 16.5. The molecule has 0 aromatic carbocycles. The van der Waals surface area contributed by atoms with Gasteiger partial charge in [-0.1, -0.05) is 0 Å². The molecule has 0 radical (unpaired) electrons. The first-order chi connectivity index (χ1) is 7.50. The van der Waals surface area contributed by atoms with Gasteiger partial charge in [-0.05, 0) is 32.6 Å². The van der Waals surface area contributed by atoms with Crippen LogP contribution in [0.5, 0.6) is 0 Å². The van der Waals surface area contributed by atoms with E-state index in [2.05, 4.69) is 0 Å². The minimum atomic E-state index is -0.262. The number of rotatable bonds is 3. The van der Waals surface area contributed by atoms with E-state index in [1.54, 1.807) is 0 Å². The fraction of sp³-hybridized carbons (Fsp3) is 0.917.